The van der Waals surface area contributed by atoms with Crippen molar-refractivity contribution < 1.29 is 0 Å². The molecule has 0 aromatic rings. The van der Waals surface area contributed by atoms with E-state index in [1.807, 2.05) is 19.1 Å². The number of rotatable bonds is 9. The zero-order valence-corrected chi connectivity index (χ0v) is 11.4. The van der Waals surface area contributed by atoms with E-state index < -0.39 is 0 Å². The zero-order valence-electron chi connectivity index (χ0n) is 10.6. The molecule has 0 aromatic heterocycles. The second-order valence-corrected chi connectivity index (χ2v) is 4.47. The minimum absolute atomic E-state index is 0.824. The van der Waals surface area contributed by atoms with Gasteiger partial charge in [0.15, 0.2) is 0 Å². The van der Waals surface area contributed by atoms with Gasteiger partial charge in [-0.15, -0.1) is 11.6 Å². The number of alkyl halides is 1. The fourth-order valence-electron chi connectivity index (χ4n) is 1.58. The molecule has 0 N–H and O–H groups in total. The third kappa shape index (κ3) is 13.6. The van der Waals surface area contributed by atoms with Crippen LogP contribution < -0.4 is 0 Å². The Kier molecular flexibility index (Phi) is 14.2. The van der Waals surface area contributed by atoms with Crippen LogP contribution in [0.2, 0.25) is 0 Å². The maximum Gasteiger partial charge on any atom is 0.0223 e. The third-order valence-corrected chi connectivity index (χ3v) is 2.80. The normalized spacial score (nSPS) is 10.4. The molecule has 92 valence electrons. The van der Waals surface area contributed by atoms with Crippen LogP contribution in [0, 0.1) is 11.8 Å². The second kappa shape index (κ2) is 14.6. The Labute approximate surface area is 106 Å². The van der Waals surface area contributed by atoms with E-state index in [0.29, 0.717) is 0 Å². The Morgan fingerprint density at radius 2 is 1.44 bits per heavy atom. The van der Waals surface area contributed by atoms with E-state index in [1.165, 1.54) is 51.4 Å². The Balaban J connectivity index is 3.02. The molecule has 0 nitrogen and oxygen atoms in total. The van der Waals surface area contributed by atoms with Crippen LogP contribution in [0.25, 0.3) is 0 Å². The van der Waals surface area contributed by atoms with E-state index in [4.69, 9.17) is 11.6 Å². The van der Waals surface area contributed by atoms with Gasteiger partial charge in [-0.2, -0.15) is 0 Å². The smallest absolute Gasteiger partial charge is 0.0223 e. The molecule has 16 heavy (non-hydrogen) atoms. The minimum Gasteiger partial charge on any atom is -0.127 e. The van der Waals surface area contributed by atoms with Crippen molar-refractivity contribution in [1.29, 1.82) is 0 Å². The quantitative estimate of drug-likeness (QED) is 0.291. The summed E-state index contributed by atoms with van der Waals surface area (Å²) < 4.78 is 0. The fourth-order valence-corrected chi connectivity index (χ4v) is 1.77. The molecule has 0 atom stereocenters. The predicted octanol–water partition coefficient (Wildman–Crippen LogP) is 5.32. The van der Waals surface area contributed by atoms with E-state index in [1.54, 1.807) is 0 Å². The summed E-state index contributed by atoms with van der Waals surface area (Å²) in [5, 5.41) is 0. The predicted molar refractivity (Wildman–Crippen MR) is 74.9 cm³/mol. The Hall–Kier alpha value is -0.410. The van der Waals surface area contributed by atoms with Crippen LogP contribution in [-0.2, 0) is 0 Å². The molecule has 0 saturated heterocycles. The highest BCUT2D eigenvalue weighted by Crippen LogP contribution is 2.09. The number of allylic oxidation sites excluding steroid dienone is 2. The molecule has 0 saturated carbocycles. The van der Waals surface area contributed by atoms with Gasteiger partial charge in [0, 0.05) is 12.3 Å². The van der Waals surface area contributed by atoms with Gasteiger partial charge in [-0.1, -0.05) is 56.4 Å². The summed E-state index contributed by atoms with van der Waals surface area (Å²) in [6.07, 6.45) is 15.5. The molecule has 0 aromatic carbocycles. The molecular formula is C15H25Cl. The summed E-state index contributed by atoms with van der Waals surface area (Å²) in [7, 11) is 0. The first kappa shape index (κ1) is 15.6. The van der Waals surface area contributed by atoms with Crippen molar-refractivity contribution in [3.05, 3.63) is 12.2 Å². The lowest BCUT2D eigenvalue weighted by Gasteiger charge is -1.99. The lowest BCUT2D eigenvalue weighted by atomic mass is 10.1. The summed E-state index contributed by atoms with van der Waals surface area (Å²) in [5.74, 6) is 7.00. The van der Waals surface area contributed by atoms with Crippen molar-refractivity contribution in [2.75, 3.05) is 5.88 Å². The van der Waals surface area contributed by atoms with Crippen molar-refractivity contribution in [2.24, 2.45) is 0 Å². The first-order valence-corrected chi connectivity index (χ1v) is 7.10. The summed E-state index contributed by atoms with van der Waals surface area (Å²) in [5.41, 5.74) is 0. The van der Waals surface area contributed by atoms with Crippen LogP contribution in [0.15, 0.2) is 12.2 Å². The van der Waals surface area contributed by atoms with Gasteiger partial charge < -0.3 is 0 Å². The topological polar surface area (TPSA) is 0 Å². The molecular weight excluding hydrogens is 216 g/mol. The van der Waals surface area contributed by atoms with Gasteiger partial charge in [-0.3, -0.25) is 0 Å². The van der Waals surface area contributed by atoms with Gasteiger partial charge in [0.2, 0.25) is 0 Å². The van der Waals surface area contributed by atoms with Crippen molar-refractivity contribution >= 4 is 11.6 Å². The van der Waals surface area contributed by atoms with E-state index in [-0.39, 0.29) is 0 Å². The lowest BCUT2D eigenvalue weighted by molar-refractivity contribution is 0.580. The second-order valence-electron chi connectivity index (χ2n) is 4.09. The highest BCUT2D eigenvalue weighted by atomic mass is 35.5. The van der Waals surface area contributed by atoms with Crippen molar-refractivity contribution in [2.45, 2.75) is 64.7 Å². The van der Waals surface area contributed by atoms with Crippen LogP contribution in [0.1, 0.15) is 64.7 Å². The molecule has 0 aliphatic heterocycles. The van der Waals surface area contributed by atoms with Gasteiger partial charge in [-0.25, -0.2) is 0 Å². The molecule has 0 aliphatic carbocycles. The molecule has 0 fully saturated rings. The molecule has 1 heteroatoms. The van der Waals surface area contributed by atoms with Gasteiger partial charge in [0.25, 0.3) is 0 Å². The highest BCUT2D eigenvalue weighted by molar-refractivity contribution is 6.17. The van der Waals surface area contributed by atoms with Gasteiger partial charge in [0.1, 0.15) is 0 Å². The standard InChI is InChI=1S/C15H25Cl/c1-2-3-4-5-6-7-8-9-10-11-12-13-14-15-16/h2-3H,6-15H2,1H3. The summed E-state index contributed by atoms with van der Waals surface area (Å²) in [6, 6.07) is 0. The summed E-state index contributed by atoms with van der Waals surface area (Å²) >= 11 is 5.62. The molecule has 0 rings (SSSR count). The lowest BCUT2D eigenvalue weighted by Crippen LogP contribution is -1.81. The maximum atomic E-state index is 5.62. The zero-order chi connectivity index (χ0) is 11.9. The van der Waals surface area contributed by atoms with Crippen molar-refractivity contribution in [1.82, 2.24) is 0 Å². The summed E-state index contributed by atoms with van der Waals surface area (Å²) in [4.78, 5) is 0. The number of hydrogen-bond donors (Lipinski definition) is 0. The molecule has 0 heterocycles. The van der Waals surface area contributed by atoms with E-state index in [9.17, 15) is 0 Å². The molecule has 0 bridgehead atoms. The van der Waals surface area contributed by atoms with E-state index >= 15 is 0 Å². The average molecular weight is 241 g/mol. The van der Waals surface area contributed by atoms with Crippen LogP contribution in [0.3, 0.4) is 0 Å². The van der Waals surface area contributed by atoms with E-state index in [2.05, 4.69) is 11.8 Å². The first-order valence-electron chi connectivity index (χ1n) is 6.57. The number of unbranched alkanes of at least 4 members (excludes halogenated alkanes) is 8. The average Bonchev–Trinajstić information content (AvgIpc) is 2.31. The Morgan fingerprint density at radius 1 is 0.875 bits per heavy atom. The van der Waals surface area contributed by atoms with Crippen LogP contribution in [0.4, 0.5) is 0 Å². The van der Waals surface area contributed by atoms with Crippen LogP contribution in [0.5, 0.6) is 0 Å². The van der Waals surface area contributed by atoms with E-state index in [0.717, 1.165) is 12.3 Å². The van der Waals surface area contributed by atoms with Crippen molar-refractivity contribution in [3.63, 3.8) is 0 Å². The SMILES string of the molecule is CC=CC#CCCCCCCCCCCCl. The maximum absolute atomic E-state index is 5.62. The monoisotopic (exact) mass is 240 g/mol. The van der Waals surface area contributed by atoms with Gasteiger partial charge >= 0.3 is 0 Å². The Bertz CT molecular complexity index is 207. The molecule has 0 radical (unpaired) electrons. The number of halogens is 1. The minimum atomic E-state index is 0.824. The van der Waals surface area contributed by atoms with Crippen LogP contribution in [-0.4, -0.2) is 5.88 Å². The molecule has 0 amide bonds. The van der Waals surface area contributed by atoms with Crippen molar-refractivity contribution in [3.8, 4) is 11.8 Å². The molecule has 0 spiro atoms. The fraction of sp³-hybridized carbons (Fsp3) is 0.733. The number of hydrogen-bond acceptors (Lipinski definition) is 0. The highest BCUT2D eigenvalue weighted by Gasteiger charge is 1.91. The third-order valence-electron chi connectivity index (χ3n) is 2.54. The van der Waals surface area contributed by atoms with Gasteiger partial charge in [-0.05, 0) is 25.8 Å². The molecule has 0 aliphatic rings. The van der Waals surface area contributed by atoms with Crippen LogP contribution >= 0.6 is 11.6 Å². The van der Waals surface area contributed by atoms with Gasteiger partial charge in [0.05, 0.1) is 0 Å². The Morgan fingerprint density at radius 3 is 2.00 bits per heavy atom. The first-order chi connectivity index (χ1) is 7.91. The summed E-state index contributed by atoms with van der Waals surface area (Å²) in [6.45, 7) is 2.00. The largest absolute Gasteiger partial charge is 0.127 e. The molecule has 0 unspecified atom stereocenters.